The molecule has 1 atom stereocenters. The van der Waals surface area contributed by atoms with Crippen molar-refractivity contribution in [3.8, 4) is 5.75 Å². The lowest BCUT2D eigenvalue weighted by Crippen LogP contribution is -2.49. The van der Waals surface area contributed by atoms with Gasteiger partial charge in [0.05, 0.1) is 12.9 Å². The summed E-state index contributed by atoms with van der Waals surface area (Å²) in [7, 11) is 1.61. The summed E-state index contributed by atoms with van der Waals surface area (Å²) in [6.07, 6.45) is 2.43. The highest BCUT2D eigenvalue weighted by molar-refractivity contribution is 7.99. The van der Waals surface area contributed by atoms with Crippen LogP contribution in [0.2, 0.25) is 0 Å². The molecule has 2 amide bonds. The third kappa shape index (κ3) is 8.19. The number of hydrogen-bond acceptors (Lipinski definition) is 4. The SMILES string of the molecule is CCCCNC(=O)[C@@H](CC)N(Cc1ccc(OC)cc1)C(=O)CSCc1ccc(F)cc1. The van der Waals surface area contributed by atoms with Gasteiger partial charge in [-0.3, -0.25) is 9.59 Å². The molecule has 32 heavy (non-hydrogen) atoms. The standard InChI is InChI=1S/C25H33FN2O3S/c1-4-6-15-27-25(30)23(5-2)28(16-19-9-13-22(31-3)14-10-19)24(29)18-32-17-20-7-11-21(26)12-8-20/h7-14,23H,4-6,15-18H2,1-3H3,(H,27,30)/t23-/m1/s1. The van der Waals surface area contributed by atoms with Crippen molar-refractivity contribution < 1.29 is 18.7 Å². The van der Waals surface area contributed by atoms with Gasteiger partial charge in [-0.25, -0.2) is 4.39 Å². The quantitative estimate of drug-likeness (QED) is 0.437. The Bertz CT molecular complexity index is 843. The van der Waals surface area contributed by atoms with Crippen LogP contribution < -0.4 is 10.1 Å². The summed E-state index contributed by atoms with van der Waals surface area (Å²) >= 11 is 1.46. The average Bonchev–Trinajstić information content (AvgIpc) is 2.80. The van der Waals surface area contributed by atoms with Crippen molar-refractivity contribution in [3.05, 3.63) is 65.5 Å². The highest BCUT2D eigenvalue weighted by atomic mass is 32.2. The van der Waals surface area contributed by atoms with Crippen molar-refractivity contribution in [1.82, 2.24) is 10.2 Å². The van der Waals surface area contributed by atoms with Crippen molar-refractivity contribution in [2.75, 3.05) is 19.4 Å². The van der Waals surface area contributed by atoms with Gasteiger partial charge >= 0.3 is 0 Å². The lowest BCUT2D eigenvalue weighted by atomic mass is 10.1. The van der Waals surface area contributed by atoms with E-state index in [1.807, 2.05) is 31.2 Å². The molecule has 2 aromatic rings. The summed E-state index contributed by atoms with van der Waals surface area (Å²) < 4.78 is 18.3. The fourth-order valence-electron chi connectivity index (χ4n) is 3.27. The minimum Gasteiger partial charge on any atom is -0.497 e. The molecule has 0 saturated carbocycles. The number of unbranched alkanes of at least 4 members (excludes halogenated alkanes) is 1. The van der Waals surface area contributed by atoms with Crippen LogP contribution in [0.1, 0.15) is 44.2 Å². The van der Waals surface area contributed by atoms with Gasteiger partial charge in [-0.2, -0.15) is 0 Å². The summed E-state index contributed by atoms with van der Waals surface area (Å²) in [5.74, 6) is 1.09. The Kier molecular flexibility index (Phi) is 11.1. The third-order valence-corrected chi connectivity index (χ3v) is 6.12. The van der Waals surface area contributed by atoms with E-state index in [0.717, 1.165) is 29.7 Å². The Morgan fingerprint density at radius 1 is 1.06 bits per heavy atom. The highest BCUT2D eigenvalue weighted by Gasteiger charge is 2.28. The monoisotopic (exact) mass is 460 g/mol. The lowest BCUT2D eigenvalue weighted by molar-refractivity contribution is -0.139. The van der Waals surface area contributed by atoms with Crippen molar-refractivity contribution >= 4 is 23.6 Å². The maximum absolute atomic E-state index is 13.2. The summed E-state index contributed by atoms with van der Waals surface area (Å²) in [5, 5.41) is 2.97. The number of hydrogen-bond donors (Lipinski definition) is 1. The second-order valence-electron chi connectivity index (χ2n) is 7.56. The van der Waals surface area contributed by atoms with Crippen LogP contribution in [0, 0.1) is 5.82 Å². The molecule has 7 heteroatoms. The maximum atomic E-state index is 13.2. The fraction of sp³-hybridized carbons (Fsp3) is 0.440. The number of carbonyl (C=O) groups is 2. The highest BCUT2D eigenvalue weighted by Crippen LogP contribution is 2.19. The predicted molar refractivity (Wildman–Crippen MR) is 128 cm³/mol. The Morgan fingerprint density at radius 2 is 1.72 bits per heavy atom. The Labute approximate surface area is 194 Å². The third-order valence-electron chi connectivity index (χ3n) is 5.13. The number of nitrogens with one attached hydrogen (secondary N) is 1. The average molecular weight is 461 g/mol. The number of rotatable bonds is 13. The molecule has 2 rings (SSSR count). The van der Waals surface area contributed by atoms with Gasteiger partial charge in [0.25, 0.3) is 0 Å². The second-order valence-corrected chi connectivity index (χ2v) is 8.54. The van der Waals surface area contributed by atoms with Crippen LogP contribution in [0.25, 0.3) is 0 Å². The smallest absolute Gasteiger partial charge is 0.242 e. The Balaban J connectivity index is 2.09. The number of amides is 2. The Hall–Kier alpha value is -2.54. The van der Waals surface area contributed by atoms with Crippen LogP contribution in [0.5, 0.6) is 5.75 Å². The van der Waals surface area contributed by atoms with E-state index in [4.69, 9.17) is 4.74 Å². The molecule has 174 valence electrons. The molecule has 0 aliphatic heterocycles. The van der Waals surface area contributed by atoms with Crippen LogP contribution in [0.15, 0.2) is 48.5 Å². The zero-order chi connectivity index (χ0) is 23.3. The number of halogens is 1. The van der Waals surface area contributed by atoms with E-state index in [2.05, 4.69) is 12.2 Å². The number of nitrogens with zero attached hydrogens (tertiary/aromatic N) is 1. The molecule has 0 radical (unpaired) electrons. The molecule has 1 N–H and O–H groups in total. The van der Waals surface area contributed by atoms with E-state index in [0.29, 0.717) is 25.3 Å². The van der Waals surface area contributed by atoms with Crippen LogP contribution in [0.4, 0.5) is 4.39 Å². The topological polar surface area (TPSA) is 58.6 Å². The molecule has 0 spiro atoms. The van der Waals surface area contributed by atoms with Gasteiger partial charge in [-0.1, -0.05) is 44.5 Å². The number of carbonyl (C=O) groups excluding carboxylic acids is 2. The number of ether oxygens (including phenoxy) is 1. The minimum atomic E-state index is -0.534. The van der Waals surface area contributed by atoms with E-state index in [9.17, 15) is 14.0 Å². The van der Waals surface area contributed by atoms with Crippen molar-refractivity contribution in [2.45, 2.75) is 51.4 Å². The first-order valence-electron chi connectivity index (χ1n) is 11.0. The minimum absolute atomic E-state index is 0.0922. The maximum Gasteiger partial charge on any atom is 0.242 e. The van der Waals surface area contributed by atoms with E-state index >= 15 is 0 Å². The molecule has 2 aromatic carbocycles. The molecule has 0 aliphatic carbocycles. The van der Waals surface area contributed by atoms with E-state index in [-0.39, 0.29) is 23.4 Å². The predicted octanol–water partition coefficient (Wildman–Crippen LogP) is 4.79. The molecule has 0 aliphatic rings. The summed E-state index contributed by atoms with van der Waals surface area (Å²) in [6.45, 7) is 4.95. The molecule has 0 heterocycles. The molecule has 0 aromatic heterocycles. The zero-order valence-electron chi connectivity index (χ0n) is 19.1. The van der Waals surface area contributed by atoms with Gasteiger partial charge in [-0.05, 0) is 48.2 Å². The summed E-state index contributed by atoms with van der Waals surface area (Å²) in [5.41, 5.74) is 1.89. The molecule has 0 saturated heterocycles. The summed E-state index contributed by atoms with van der Waals surface area (Å²) in [4.78, 5) is 27.7. The largest absolute Gasteiger partial charge is 0.497 e. The van der Waals surface area contributed by atoms with Gasteiger partial charge in [0, 0.05) is 18.8 Å². The van der Waals surface area contributed by atoms with Gasteiger partial charge in [-0.15, -0.1) is 11.8 Å². The van der Waals surface area contributed by atoms with Gasteiger partial charge < -0.3 is 15.0 Å². The van der Waals surface area contributed by atoms with Gasteiger partial charge in [0.15, 0.2) is 0 Å². The fourth-order valence-corrected chi connectivity index (χ4v) is 4.14. The van der Waals surface area contributed by atoms with Crippen LogP contribution in [0.3, 0.4) is 0 Å². The molecular weight excluding hydrogens is 427 g/mol. The van der Waals surface area contributed by atoms with E-state index in [1.54, 1.807) is 24.1 Å². The van der Waals surface area contributed by atoms with Gasteiger partial charge in [0.1, 0.15) is 17.6 Å². The molecular formula is C25H33FN2O3S. The number of thioether (sulfide) groups is 1. The second kappa shape index (κ2) is 13.8. The molecule has 5 nitrogen and oxygen atoms in total. The molecule has 0 fully saturated rings. The van der Waals surface area contributed by atoms with E-state index in [1.165, 1.54) is 23.9 Å². The van der Waals surface area contributed by atoms with Crippen molar-refractivity contribution in [2.24, 2.45) is 0 Å². The first kappa shape index (κ1) is 25.7. The first-order chi connectivity index (χ1) is 15.5. The number of benzene rings is 2. The number of methoxy groups -OCH3 is 1. The zero-order valence-corrected chi connectivity index (χ0v) is 19.9. The van der Waals surface area contributed by atoms with Crippen molar-refractivity contribution in [3.63, 3.8) is 0 Å². The van der Waals surface area contributed by atoms with Crippen LogP contribution >= 0.6 is 11.8 Å². The molecule has 0 bridgehead atoms. The first-order valence-corrected chi connectivity index (χ1v) is 12.2. The molecule has 0 unspecified atom stereocenters. The van der Waals surface area contributed by atoms with E-state index < -0.39 is 6.04 Å². The normalized spacial score (nSPS) is 11.6. The summed E-state index contributed by atoms with van der Waals surface area (Å²) in [6, 6.07) is 13.3. The Morgan fingerprint density at radius 3 is 2.31 bits per heavy atom. The van der Waals surface area contributed by atoms with Crippen LogP contribution in [-0.4, -0.2) is 42.2 Å². The lowest BCUT2D eigenvalue weighted by Gasteiger charge is -2.30. The van der Waals surface area contributed by atoms with Crippen LogP contribution in [-0.2, 0) is 21.9 Å². The van der Waals surface area contributed by atoms with Gasteiger partial charge in [0.2, 0.25) is 11.8 Å². The van der Waals surface area contributed by atoms with Crippen molar-refractivity contribution in [1.29, 1.82) is 0 Å².